The molecule has 2 amide bonds. The zero-order valence-corrected chi connectivity index (χ0v) is 16.7. The van der Waals surface area contributed by atoms with E-state index in [2.05, 4.69) is 5.32 Å². The number of β-lactam (4-membered cyclic amide) rings is 1. The van der Waals surface area contributed by atoms with Crippen LogP contribution >= 0.6 is 11.8 Å². The number of aliphatic hydroxyl groups is 1. The number of carbonyl (C=O) groups excluding carboxylic acids is 2. The molecule has 6 atom stereocenters. The topological polar surface area (TPSA) is 136 Å². The molecule has 4 aliphatic heterocycles. The molecule has 9 nitrogen and oxygen atoms in total. The van der Waals surface area contributed by atoms with Gasteiger partial charge in [-0.25, -0.2) is 4.79 Å². The fourth-order valence-corrected chi connectivity index (χ4v) is 6.23. The molecule has 10 heteroatoms. The fourth-order valence-electron chi connectivity index (χ4n) is 4.75. The number of nitrogens with zero attached hydrogens (tertiary/aromatic N) is 2. The summed E-state index contributed by atoms with van der Waals surface area (Å²) in [6.07, 6.45) is -0.204. The molecule has 3 fully saturated rings. The summed E-state index contributed by atoms with van der Waals surface area (Å²) in [5.41, 5.74) is 5.78. The third kappa shape index (κ3) is 2.94. The molecule has 4 aliphatic rings. The number of rotatable bonds is 5. The van der Waals surface area contributed by atoms with Crippen LogP contribution in [0.25, 0.3) is 0 Å². The molecule has 28 heavy (non-hydrogen) atoms. The van der Waals surface area contributed by atoms with Crippen molar-refractivity contribution in [3.05, 3.63) is 10.6 Å². The number of hydrogen-bond donors (Lipinski definition) is 4. The van der Waals surface area contributed by atoms with Crippen molar-refractivity contribution in [1.82, 2.24) is 15.1 Å². The number of thioether (sulfide) groups is 1. The van der Waals surface area contributed by atoms with E-state index < -0.39 is 18.0 Å². The maximum atomic E-state index is 12.5. The van der Waals surface area contributed by atoms with Gasteiger partial charge in [-0.3, -0.25) is 9.59 Å². The minimum atomic E-state index is -1.12. The number of carbonyl (C=O) groups is 3. The summed E-state index contributed by atoms with van der Waals surface area (Å²) in [4.78, 5) is 40.5. The summed E-state index contributed by atoms with van der Waals surface area (Å²) in [5.74, 6) is -2.12. The molecule has 154 valence electrons. The second-order valence-electron chi connectivity index (χ2n) is 8.21. The van der Waals surface area contributed by atoms with Crippen LogP contribution in [0.2, 0.25) is 0 Å². The Labute approximate surface area is 167 Å². The van der Waals surface area contributed by atoms with Gasteiger partial charge in [0.25, 0.3) is 0 Å². The van der Waals surface area contributed by atoms with Crippen LogP contribution in [0, 0.1) is 11.8 Å². The van der Waals surface area contributed by atoms with E-state index in [0.717, 1.165) is 0 Å². The molecule has 4 heterocycles. The van der Waals surface area contributed by atoms with E-state index in [1.807, 2.05) is 6.92 Å². The van der Waals surface area contributed by atoms with Crippen molar-refractivity contribution in [2.24, 2.45) is 17.6 Å². The number of carboxylic acids is 1. The van der Waals surface area contributed by atoms with Crippen LogP contribution in [0.4, 0.5) is 0 Å². The second kappa shape index (κ2) is 7.01. The Kier molecular flexibility index (Phi) is 4.93. The highest BCUT2D eigenvalue weighted by molar-refractivity contribution is 8.03. The van der Waals surface area contributed by atoms with Crippen LogP contribution in [0.5, 0.6) is 0 Å². The number of amides is 2. The maximum Gasteiger partial charge on any atom is 0.353 e. The number of likely N-dealkylation sites (tertiary alicyclic amines) is 1. The van der Waals surface area contributed by atoms with Crippen molar-refractivity contribution in [2.75, 3.05) is 19.6 Å². The zero-order valence-electron chi connectivity index (χ0n) is 15.9. The van der Waals surface area contributed by atoms with Crippen LogP contribution < -0.4 is 11.1 Å². The molecule has 0 aromatic rings. The minimum absolute atomic E-state index is 0.0351. The van der Waals surface area contributed by atoms with Crippen molar-refractivity contribution < 1.29 is 24.6 Å². The van der Waals surface area contributed by atoms with Crippen molar-refractivity contribution in [1.29, 1.82) is 0 Å². The van der Waals surface area contributed by atoms with Gasteiger partial charge in [-0.1, -0.05) is 6.92 Å². The lowest BCUT2D eigenvalue weighted by atomic mass is 9.79. The summed E-state index contributed by atoms with van der Waals surface area (Å²) in [5, 5.41) is 22.9. The van der Waals surface area contributed by atoms with Gasteiger partial charge in [0.15, 0.2) is 0 Å². The first-order valence-electron chi connectivity index (χ1n) is 9.63. The summed E-state index contributed by atoms with van der Waals surface area (Å²) in [6, 6.07) is -0.531. The highest BCUT2D eigenvalue weighted by atomic mass is 32.2. The van der Waals surface area contributed by atoms with Gasteiger partial charge in [-0.05, 0) is 13.3 Å². The van der Waals surface area contributed by atoms with E-state index >= 15 is 0 Å². The summed E-state index contributed by atoms with van der Waals surface area (Å²) < 4.78 is 0. The largest absolute Gasteiger partial charge is 0.477 e. The molecular weight excluding hydrogens is 384 g/mol. The number of aliphatic carboxylic acids is 1. The molecule has 4 rings (SSSR count). The van der Waals surface area contributed by atoms with Crippen molar-refractivity contribution >= 4 is 29.5 Å². The Morgan fingerprint density at radius 1 is 1.36 bits per heavy atom. The monoisotopic (exact) mass is 410 g/mol. The second-order valence-corrected chi connectivity index (χ2v) is 9.55. The Balaban J connectivity index is 1.46. The molecule has 5 N–H and O–H groups in total. The highest BCUT2D eigenvalue weighted by Crippen LogP contribution is 2.51. The van der Waals surface area contributed by atoms with Crippen molar-refractivity contribution in [3.63, 3.8) is 0 Å². The van der Waals surface area contributed by atoms with Crippen LogP contribution in [-0.2, 0) is 14.4 Å². The van der Waals surface area contributed by atoms with Crippen molar-refractivity contribution in [2.45, 2.75) is 49.7 Å². The molecular formula is C18H26N4O5S. The molecule has 5 unspecified atom stereocenters. The van der Waals surface area contributed by atoms with Gasteiger partial charge in [0, 0.05) is 41.7 Å². The number of nitrogens with one attached hydrogen (secondary N) is 1. The van der Waals surface area contributed by atoms with Crippen LogP contribution in [0.3, 0.4) is 0 Å². The molecule has 0 spiro atoms. The van der Waals surface area contributed by atoms with E-state index in [9.17, 15) is 24.6 Å². The average molecular weight is 410 g/mol. The molecule has 3 saturated heterocycles. The molecule has 0 bridgehead atoms. The Morgan fingerprint density at radius 2 is 2.04 bits per heavy atom. The first-order valence-corrected chi connectivity index (χ1v) is 10.5. The van der Waals surface area contributed by atoms with E-state index in [1.165, 1.54) is 16.7 Å². The first kappa shape index (κ1) is 19.7. The summed E-state index contributed by atoms with van der Waals surface area (Å²) in [6.45, 7) is 5.24. The lowest BCUT2D eigenvalue weighted by molar-refractivity contribution is -0.163. The quantitative estimate of drug-likeness (QED) is 0.414. The molecule has 0 aromatic heterocycles. The lowest BCUT2D eigenvalue weighted by Gasteiger charge is -2.46. The number of fused-ring (bicyclic) bond motifs is 1. The number of carboxylic acid groups (broad SMARTS) is 1. The van der Waals surface area contributed by atoms with Gasteiger partial charge in [-0.15, -0.1) is 11.8 Å². The van der Waals surface area contributed by atoms with Gasteiger partial charge < -0.3 is 31.1 Å². The molecule has 0 saturated carbocycles. The first-order chi connectivity index (χ1) is 13.2. The maximum absolute atomic E-state index is 12.5. The van der Waals surface area contributed by atoms with E-state index in [4.69, 9.17) is 5.73 Å². The Bertz CT molecular complexity index is 750. The van der Waals surface area contributed by atoms with Gasteiger partial charge in [0.2, 0.25) is 11.8 Å². The average Bonchev–Trinajstić information content (AvgIpc) is 3.14. The number of aliphatic hydroxyl groups excluding tert-OH is 1. The lowest BCUT2D eigenvalue weighted by Crippen LogP contribution is -2.63. The Morgan fingerprint density at radius 3 is 2.61 bits per heavy atom. The van der Waals surface area contributed by atoms with E-state index in [0.29, 0.717) is 31.0 Å². The normalized spacial score (nSPS) is 36.3. The molecule has 0 radical (unpaired) electrons. The van der Waals surface area contributed by atoms with E-state index in [1.54, 1.807) is 11.8 Å². The third-order valence-electron chi connectivity index (χ3n) is 6.21. The van der Waals surface area contributed by atoms with Gasteiger partial charge >= 0.3 is 5.97 Å². The summed E-state index contributed by atoms with van der Waals surface area (Å²) >= 11 is 1.45. The minimum Gasteiger partial charge on any atom is -0.477 e. The number of nitrogens with two attached hydrogens (primary N) is 1. The van der Waals surface area contributed by atoms with Crippen molar-refractivity contribution in [3.8, 4) is 0 Å². The number of hydrogen-bond acceptors (Lipinski definition) is 7. The predicted molar refractivity (Wildman–Crippen MR) is 102 cm³/mol. The van der Waals surface area contributed by atoms with Gasteiger partial charge in [0.1, 0.15) is 5.70 Å². The third-order valence-corrected chi connectivity index (χ3v) is 7.73. The predicted octanol–water partition coefficient (Wildman–Crippen LogP) is -1.23. The van der Waals surface area contributed by atoms with Gasteiger partial charge in [0.05, 0.1) is 24.1 Å². The fraction of sp³-hybridized carbons (Fsp3) is 0.722. The van der Waals surface area contributed by atoms with Crippen LogP contribution in [0.1, 0.15) is 20.3 Å². The SMILES string of the molecule is CC(O)C1C(=O)N2C(C(=O)O)=C(SC3CNC(C(=O)N4CC(N)C4)C3)C(C)[C@H]12. The van der Waals surface area contributed by atoms with Gasteiger partial charge in [-0.2, -0.15) is 0 Å². The smallest absolute Gasteiger partial charge is 0.353 e. The molecule has 0 aromatic carbocycles. The van der Waals surface area contributed by atoms with Crippen LogP contribution in [0.15, 0.2) is 10.6 Å². The van der Waals surface area contributed by atoms with Crippen LogP contribution in [-0.4, -0.2) is 86.9 Å². The standard InChI is InChI=1S/C18H26N4O5S/c1-7-13-12(8(2)23)17(25)22(13)14(18(26)27)15(7)28-10-3-11(20-4-10)16(24)21-5-9(19)6-21/h7-13,20,23H,3-6,19H2,1-2H3,(H,26,27)/t7?,8?,10?,11?,12?,13-/m1/s1. The summed E-state index contributed by atoms with van der Waals surface area (Å²) in [7, 11) is 0. The highest BCUT2D eigenvalue weighted by Gasteiger charge is 2.60. The van der Waals surface area contributed by atoms with E-state index in [-0.39, 0.29) is 46.8 Å². The Hall–Kier alpha value is -1.62. The zero-order chi connectivity index (χ0) is 20.3. The molecule has 0 aliphatic carbocycles.